The van der Waals surface area contributed by atoms with Crippen LogP contribution in [0.2, 0.25) is 0 Å². The number of halogens is 1. The fraction of sp³-hybridized carbons (Fsp3) is 0.0556. The van der Waals surface area contributed by atoms with Gasteiger partial charge < -0.3 is 0 Å². The first kappa shape index (κ1) is 15.9. The number of nitrogens with zero attached hydrogens (tertiary/aromatic N) is 4. The molecule has 0 N–H and O–H groups in total. The van der Waals surface area contributed by atoms with E-state index in [1.165, 1.54) is 16.8 Å². The predicted molar refractivity (Wildman–Crippen MR) is 105 cm³/mol. The maximum atomic E-state index is 13.1. The van der Waals surface area contributed by atoms with Crippen molar-refractivity contribution in [2.45, 2.75) is 10.9 Å². The number of hydrogen-bond donors (Lipinski definition) is 0. The minimum Gasteiger partial charge on any atom is -0.260 e. The molecule has 0 atom stereocenters. The molecule has 0 amide bonds. The summed E-state index contributed by atoms with van der Waals surface area (Å²) in [5, 5.41) is 12.4. The molecule has 0 aliphatic carbocycles. The van der Waals surface area contributed by atoms with E-state index in [2.05, 4.69) is 31.7 Å². The zero-order valence-corrected chi connectivity index (χ0v) is 15.7. The van der Waals surface area contributed by atoms with E-state index >= 15 is 0 Å². The lowest BCUT2D eigenvalue weighted by Gasteiger charge is -1.98. The van der Waals surface area contributed by atoms with Gasteiger partial charge in [0, 0.05) is 16.7 Å². The summed E-state index contributed by atoms with van der Waals surface area (Å²) in [6, 6.07) is 14.7. The highest BCUT2D eigenvalue weighted by Crippen LogP contribution is 2.32. The Morgan fingerprint density at radius 3 is 2.77 bits per heavy atom. The van der Waals surface area contributed by atoms with E-state index in [4.69, 9.17) is 0 Å². The van der Waals surface area contributed by atoms with E-state index < -0.39 is 0 Å². The number of hydrogen-bond acceptors (Lipinski definition) is 6. The van der Waals surface area contributed by atoms with E-state index in [1.54, 1.807) is 46.6 Å². The summed E-state index contributed by atoms with van der Waals surface area (Å²) < 4.78 is 16.4. The fourth-order valence-electron chi connectivity index (χ4n) is 2.69. The first-order chi connectivity index (χ1) is 12.8. The molecule has 0 radical (unpaired) electrons. The second-order valence-electron chi connectivity index (χ2n) is 5.61. The molecule has 5 rings (SSSR count). The minimum absolute atomic E-state index is 0.236. The van der Waals surface area contributed by atoms with Crippen molar-refractivity contribution in [3.8, 4) is 10.6 Å². The summed E-state index contributed by atoms with van der Waals surface area (Å²) in [7, 11) is 0. The van der Waals surface area contributed by atoms with Crippen LogP contribution in [0.3, 0.4) is 0 Å². The number of benzene rings is 2. The average molecular weight is 399 g/mol. The maximum absolute atomic E-state index is 13.1. The summed E-state index contributed by atoms with van der Waals surface area (Å²) in [5.74, 6) is 0.475. The van der Waals surface area contributed by atoms with Gasteiger partial charge in [-0.05, 0) is 36.4 Å². The van der Waals surface area contributed by atoms with Crippen LogP contribution in [0.5, 0.6) is 0 Å². The van der Waals surface area contributed by atoms with Crippen LogP contribution in [0.4, 0.5) is 4.39 Å². The Hall–Kier alpha value is -2.29. The highest BCUT2D eigenvalue weighted by molar-refractivity contribution is 7.98. The van der Waals surface area contributed by atoms with Gasteiger partial charge in [0.05, 0.1) is 15.9 Å². The van der Waals surface area contributed by atoms with Gasteiger partial charge >= 0.3 is 0 Å². The minimum atomic E-state index is -0.236. The lowest BCUT2D eigenvalue weighted by molar-refractivity contribution is 0.628. The van der Waals surface area contributed by atoms with Gasteiger partial charge in [0.15, 0.2) is 5.16 Å². The van der Waals surface area contributed by atoms with Crippen molar-refractivity contribution >= 4 is 49.6 Å². The van der Waals surface area contributed by atoms with Crippen molar-refractivity contribution in [3.63, 3.8) is 0 Å². The quantitative estimate of drug-likeness (QED) is 0.375. The molecule has 128 valence electrons. The molecule has 0 saturated carbocycles. The van der Waals surface area contributed by atoms with Gasteiger partial charge in [-0.25, -0.2) is 9.37 Å². The van der Waals surface area contributed by atoms with Crippen molar-refractivity contribution in [1.29, 1.82) is 0 Å². The molecule has 0 aliphatic rings. The van der Waals surface area contributed by atoms with Crippen LogP contribution < -0.4 is 0 Å². The molecule has 5 aromatic rings. The molecule has 3 aromatic heterocycles. The second-order valence-corrected chi connectivity index (χ2v) is 8.42. The third kappa shape index (κ3) is 2.80. The average Bonchev–Trinajstić information content (AvgIpc) is 3.36. The van der Waals surface area contributed by atoms with Crippen LogP contribution in [0.15, 0.2) is 59.1 Å². The molecule has 0 saturated heterocycles. The van der Waals surface area contributed by atoms with Gasteiger partial charge in [0.1, 0.15) is 10.8 Å². The molecule has 2 aromatic carbocycles. The molecule has 4 nitrogen and oxygen atoms in total. The summed E-state index contributed by atoms with van der Waals surface area (Å²) >= 11 is 4.82. The van der Waals surface area contributed by atoms with Crippen LogP contribution in [-0.4, -0.2) is 19.6 Å². The zero-order valence-electron chi connectivity index (χ0n) is 13.3. The summed E-state index contributed by atoms with van der Waals surface area (Å²) in [5.41, 5.74) is 3.04. The maximum Gasteiger partial charge on any atom is 0.217 e. The van der Waals surface area contributed by atoms with Gasteiger partial charge in [-0.15, -0.1) is 21.5 Å². The fourth-order valence-corrected chi connectivity index (χ4v) is 5.48. The first-order valence-corrected chi connectivity index (χ1v) is 10.5. The third-order valence-corrected chi connectivity index (χ3v) is 6.82. The molecular weight excluding hydrogens is 387 g/mol. The van der Waals surface area contributed by atoms with Gasteiger partial charge in [0.25, 0.3) is 0 Å². The Labute approximate surface area is 160 Å². The molecule has 8 heteroatoms. The van der Waals surface area contributed by atoms with E-state index in [9.17, 15) is 4.39 Å². The molecular formula is C18H11FN4S3. The molecule has 0 aliphatic heterocycles. The highest BCUT2D eigenvalue weighted by Gasteiger charge is 2.13. The van der Waals surface area contributed by atoms with E-state index in [1.807, 2.05) is 17.5 Å². The topological polar surface area (TPSA) is 43.1 Å². The number of fused-ring (bicyclic) bond motifs is 3. The third-order valence-electron chi connectivity index (χ3n) is 3.90. The Morgan fingerprint density at radius 2 is 1.88 bits per heavy atom. The Kier molecular flexibility index (Phi) is 3.96. The lowest BCUT2D eigenvalue weighted by Crippen LogP contribution is -1.87. The second kappa shape index (κ2) is 6.46. The van der Waals surface area contributed by atoms with Crippen LogP contribution in [0.25, 0.3) is 25.7 Å². The molecule has 0 spiro atoms. The highest BCUT2D eigenvalue weighted by atomic mass is 32.2. The standard InChI is InChI=1S/C18H11FN4S3/c19-12-7-5-11(6-8-12)16-20-13(9-24-16)10-25-17-21-22-18-23(17)14-3-1-2-4-15(14)26-18/h1-9H,10H2. The number of para-hydroxylation sites is 1. The van der Waals surface area contributed by atoms with Crippen LogP contribution in [0.1, 0.15) is 5.69 Å². The molecule has 0 unspecified atom stereocenters. The Bertz CT molecular complexity index is 1210. The number of rotatable bonds is 4. The Morgan fingerprint density at radius 1 is 1.04 bits per heavy atom. The first-order valence-electron chi connectivity index (χ1n) is 7.84. The molecule has 3 heterocycles. The molecule has 0 bridgehead atoms. The monoisotopic (exact) mass is 398 g/mol. The zero-order chi connectivity index (χ0) is 17.5. The lowest BCUT2D eigenvalue weighted by atomic mass is 10.2. The van der Waals surface area contributed by atoms with Gasteiger partial charge in [-0.3, -0.25) is 4.40 Å². The van der Waals surface area contributed by atoms with Crippen molar-refractivity contribution in [1.82, 2.24) is 19.6 Å². The van der Waals surface area contributed by atoms with Crippen LogP contribution in [-0.2, 0) is 5.75 Å². The van der Waals surface area contributed by atoms with Crippen LogP contribution in [0, 0.1) is 5.82 Å². The normalized spacial score (nSPS) is 11.6. The molecule has 26 heavy (non-hydrogen) atoms. The van der Waals surface area contributed by atoms with Crippen LogP contribution >= 0.6 is 34.4 Å². The van der Waals surface area contributed by atoms with Crippen molar-refractivity contribution in [3.05, 3.63) is 65.4 Å². The largest absolute Gasteiger partial charge is 0.260 e. The summed E-state index contributed by atoms with van der Waals surface area (Å²) in [6.07, 6.45) is 0. The summed E-state index contributed by atoms with van der Waals surface area (Å²) in [6.45, 7) is 0. The predicted octanol–water partition coefficient (Wildman–Crippen LogP) is 5.50. The van der Waals surface area contributed by atoms with Crippen molar-refractivity contribution in [2.75, 3.05) is 0 Å². The van der Waals surface area contributed by atoms with Gasteiger partial charge in [-0.1, -0.05) is 35.2 Å². The SMILES string of the molecule is Fc1ccc(-c2nc(CSc3nnc4sc5ccccc5n34)cs2)cc1. The van der Waals surface area contributed by atoms with Crippen molar-refractivity contribution in [2.24, 2.45) is 0 Å². The van der Waals surface area contributed by atoms with E-state index in [0.29, 0.717) is 5.75 Å². The number of thiazole rings is 2. The van der Waals surface area contributed by atoms with Crippen molar-refractivity contribution < 1.29 is 4.39 Å². The summed E-state index contributed by atoms with van der Waals surface area (Å²) in [4.78, 5) is 5.56. The molecule has 0 fully saturated rings. The smallest absolute Gasteiger partial charge is 0.217 e. The van der Waals surface area contributed by atoms with E-state index in [-0.39, 0.29) is 5.82 Å². The van der Waals surface area contributed by atoms with Gasteiger partial charge in [0.2, 0.25) is 4.96 Å². The Balaban J connectivity index is 1.40. The number of thioether (sulfide) groups is 1. The number of aromatic nitrogens is 4. The van der Waals surface area contributed by atoms with Gasteiger partial charge in [-0.2, -0.15) is 0 Å². The van der Waals surface area contributed by atoms with E-state index in [0.717, 1.165) is 31.9 Å².